The van der Waals surface area contributed by atoms with Crippen molar-refractivity contribution in [3.05, 3.63) is 35.9 Å². The molecule has 4 N–H and O–H groups in total. The van der Waals surface area contributed by atoms with E-state index < -0.39 is 0 Å². The predicted octanol–water partition coefficient (Wildman–Crippen LogP) is 1.37. The Morgan fingerprint density at radius 2 is 1.91 bits per heavy atom. The Hall–Kier alpha value is -1.43. The molecule has 5 nitrogen and oxygen atoms in total. The Morgan fingerprint density at radius 3 is 2.65 bits per heavy atom. The minimum absolute atomic E-state index is 0.137. The number of hydrogen-bond acceptors (Lipinski definition) is 4. The van der Waals surface area contributed by atoms with Gasteiger partial charge in [0.2, 0.25) is 5.91 Å². The summed E-state index contributed by atoms with van der Waals surface area (Å²) < 4.78 is 0. The molecule has 3 aliphatic rings. The van der Waals surface area contributed by atoms with Crippen LogP contribution in [0.25, 0.3) is 0 Å². The lowest BCUT2D eigenvalue weighted by atomic mass is 9.64. The van der Waals surface area contributed by atoms with E-state index >= 15 is 0 Å². The summed E-state index contributed by atoms with van der Waals surface area (Å²) >= 11 is 0. The van der Waals surface area contributed by atoms with E-state index in [2.05, 4.69) is 52.0 Å². The first kappa shape index (κ1) is 15.1. The molecular formula is C18H26N4O. The molecular weight excluding hydrogens is 288 g/mol. The van der Waals surface area contributed by atoms with Gasteiger partial charge in [0.15, 0.2) is 0 Å². The van der Waals surface area contributed by atoms with Gasteiger partial charge in [0.25, 0.3) is 0 Å². The van der Waals surface area contributed by atoms with Crippen LogP contribution in [-0.2, 0) is 10.2 Å². The molecule has 1 aliphatic heterocycles. The molecule has 1 aromatic carbocycles. The van der Waals surface area contributed by atoms with Crippen LogP contribution < -0.4 is 21.7 Å². The second kappa shape index (κ2) is 6.23. The molecule has 4 rings (SSSR count). The third-order valence-corrected chi connectivity index (χ3v) is 6.03. The smallest absolute Gasteiger partial charge is 0.223 e. The van der Waals surface area contributed by atoms with E-state index in [4.69, 9.17) is 0 Å². The van der Waals surface area contributed by atoms with Gasteiger partial charge in [-0.2, -0.15) is 5.53 Å². The van der Waals surface area contributed by atoms with Gasteiger partial charge in [-0.1, -0.05) is 36.8 Å². The van der Waals surface area contributed by atoms with Crippen molar-refractivity contribution >= 4 is 5.91 Å². The second-order valence-corrected chi connectivity index (χ2v) is 7.35. The van der Waals surface area contributed by atoms with Crippen LogP contribution in [-0.4, -0.2) is 24.5 Å². The molecule has 0 bridgehead atoms. The van der Waals surface area contributed by atoms with Crippen molar-refractivity contribution in [1.82, 2.24) is 21.7 Å². The number of hydrazine groups is 2. The molecule has 3 unspecified atom stereocenters. The highest BCUT2D eigenvalue weighted by molar-refractivity contribution is 5.79. The number of amides is 1. The number of rotatable bonds is 4. The van der Waals surface area contributed by atoms with Gasteiger partial charge in [0.05, 0.1) is 0 Å². The average molecular weight is 314 g/mol. The van der Waals surface area contributed by atoms with Crippen molar-refractivity contribution in [3.63, 3.8) is 0 Å². The van der Waals surface area contributed by atoms with E-state index in [-0.39, 0.29) is 17.2 Å². The van der Waals surface area contributed by atoms with Gasteiger partial charge in [0, 0.05) is 30.0 Å². The van der Waals surface area contributed by atoms with Gasteiger partial charge in [-0.15, -0.1) is 0 Å². The quantitative estimate of drug-likeness (QED) is 0.678. The van der Waals surface area contributed by atoms with Gasteiger partial charge in [-0.25, -0.2) is 10.9 Å². The number of carbonyl (C=O) groups is 1. The van der Waals surface area contributed by atoms with Crippen LogP contribution >= 0.6 is 0 Å². The first-order chi connectivity index (χ1) is 11.3. The number of benzene rings is 1. The first-order valence-corrected chi connectivity index (χ1v) is 8.86. The third kappa shape index (κ3) is 2.89. The van der Waals surface area contributed by atoms with Crippen molar-refractivity contribution in [2.75, 3.05) is 6.54 Å². The van der Waals surface area contributed by atoms with E-state index in [9.17, 15) is 4.79 Å². The molecule has 1 amide bonds. The van der Waals surface area contributed by atoms with Crippen molar-refractivity contribution in [1.29, 1.82) is 0 Å². The van der Waals surface area contributed by atoms with Crippen LogP contribution in [0.3, 0.4) is 0 Å². The van der Waals surface area contributed by atoms with Crippen molar-refractivity contribution in [2.24, 2.45) is 5.92 Å². The lowest BCUT2D eigenvalue weighted by Crippen LogP contribution is -2.49. The maximum absolute atomic E-state index is 12.6. The zero-order chi connectivity index (χ0) is 15.7. The van der Waals surface area contributed by atoms with E-state index in [1.807, 2.05) is 0 Å². The lowest BCUT2D eigenvalue weighted by molar-refractivity contribution is -0.126. The molecule has 1 aromatic rings. The standard InChI is InChI=1S/C18H26N4O/c23-17(13-7-8-15-16(11-13)21-22-20-15)19-12-18(9-4-10-18)14-5-2-1-3-6-14/h1-3,5-6,13,15-16,20-22H,4,7-12H2,(H,19,23). The van der Waals surface area contributed by atoms with Crippen LogP contribution in [0.15, 0.2) is 30.3 Å². The number of fused-ring (bicyclic) bond motifs is 1. The van der Waals surface area contributed by atoms with Crippen molar-refractivity contribution in [3.8, 4) is 0 Å². The third-order valence-electron chi connectivity index (χ3n) is 6.03. The molecule has 2 saturated carbocycles. The van der Waals surface area contributed by atoms with Crippen molar-refractivity contribution in [2.45, 2.75) is 56.0 Å². The van der Waals surface area contributed by atoms with Gasteiger partial charge in [-0.3, -0.25) is 4.79 Å². The molecule has 3 atom stereocenters. The number of carbonyl (C=O) groups excluding carboxylic acids is 1. The average Bonchev–Trinajstić information content (AvgIpc) is 3.02. The van der Waals surface area contributed by atoms with Gasteiger partial charge < -0.3 is 5.32 Å². The maximum atomic E-state index is 12.6. The molecule has 5 heteroatoms. The summed E-state index contributed by atoms with van der Waals surface area (Å²) in [7, 11) is 0. The van der Waals surface area contributed by atoms with Crippen LogP contribution in [0.2, 0.25) is 0 Å². The molecule has 0 spiro atoms. The normalized spacial score (nSPS) is 31.9. The summed E-state index contributed by atoms with van der Waals surface area (Å²) in [6.07, 6.45) is 6.56. The lowest BCUT2D eigenvalue weighted by Gasteiger charge is -2.43. The summed E-state index contributed by atoms with van der Waals surface area (Å²) in [5, 5.41) is 3.27. The fourth-order valence-electron chi connectivity index (χ4n) is 4.33. The number of nitrogens with one attached hydrogen (secondary N) is 4. The Labute approximate surface area is 137 Å². The Balaban J connectivity index is 1.36. The minimum atomic E-state index is 0.137. The van der Waals surface area contributed by atoms with Crippen molar-refractivity contribution < 1.29 is 4.79 Å². The fourth-order valence-corrected chi connectivity index (χ4v) is 4.33. The summed E-state index contributed by atoms with van der Waals surface area (Å²) in [5.74, 6) is 0.373. The summed E-state index contributed by atoms with van der Waals surface area (Å²) in [5.41, 5.74) is 11.0. The minimum Gasteiger partial charge on any atom is -0.355 e. The summed E-state index contributed by atoms with van der Waals surface area (Å²) in [6, 6.07) is 11.5. The SMILES string of the molecule is O=C(NCC1(c2ccccc2)CCC1)C1CCC2NNNC2C1. The highest BCUT2D eigenvalue weighted by atomic mass is 16.1. The Bertz CT molecular complexity index is 557. The van der Waals surface area contributed by atoms with E-state index in [0.29, 0.717) is 12.1 Å². The predicted molar refractivity (Wildman–Crippen MR) is 89.3 cm³/mol. The Kier molecular flexibility index (Phi) is 4.09. The highest BCUT2D eigenvalue weighted by Crippen LogP contribution is 2.43. The van der Waals surface area contributed by atoms with Gasteiger partial charge in [-0.05, 0) is 37.7 Å². The van der Waals surface area contributed by atoms with Gasteiger partial charge >= 0.3 is 0 Å². The molecule has 23 heavy (non-hydrogen) atoms. The zero-order valence-electron chi connectivity index (χ0n) is 13.5. The maximum Gasteiger partial charge on any atom is 0.223 e. The molecule has 0 aromatic heterocycles. The van der Waals surface area contributed by atoms with E-state index in [1.54, 1.807) is 0 Å². The molecule has 2 aliphatic carbocycles. The molecule has 3 fully saturated rings. The van der Waals surface area contributed by atoms with Crippen LogP contribution in [0.5, 0.6) is 0 Å². The molecule has 0 radical (unpaired) electrons. The summed E-state index contributed by atoms with van der Waals surface area (Å²) in [6.45, 7) is 0.782. The topological polar surface area (TPSA) is 65.2 Å². The second-order valence-electron chi connectivity index (χ2n) is 7.35. The molecule has 124 valence electrons. The largest absolute Gasteiger partial charge is 0.355 e. The van der Waals surface area contributed by atoms with Gasteiger partial charge in [0.1, 0.15) is 0 Å². The number of hydrogen-bond donors (Lipinski definition) is 4. The first-order valence-electron chi connectivity index (χ1n) is 8.86. The monoisotopic (exact) mass is 314 g/mol. The fraction of sp³-hybridized carbons (Fsp3) is 0.611. The highest BCUT2D eigenvalue weighted by Gasteiger charge is 2.40. The van der Waals surface area contributed by atoms with Crippen LogP contribution in [0.4, 0.5) is 0 Å². The molecule has 1 heterocycles. The van der Waals surface area contributed by atoms with Crippen LogP contribution in [0, 0.1) is 5.92 Å². The van der Waals surface area contributed by atoms with Crippen LogP contribution in [0.1, 0.15) is 44.1 Å². The van der Waals surface area contributed by atoms with E-state index in [0.717, 1.165) is 25.8 Å². The summed E-state index contributed by atoms with van der Waals surface area (Å²) in [4.78, 5) is 12.6. The Morgan fingerprint density at radius 1 is 1.13 bits per heavy atom. The molecule has 1 saturated heterocycles. The van der Waals surface area contributed by atoms with E-state index in [1.165, 1.54) is 24.8 Å². The zero-order valence-corrected chi connectivity index (χ0v) is 13.5.